The summed E-state index contributed by atoms with van der Waals surface area (Å²) in [5, 5.41) is 4.92. The van der Waals surface area contributed by atoms with Gasteiger partial charge in [0.2, 0.25) is 0 Å². The van der Waals surface area contributed by atoms with E-state index in [0.717, 1.165) is 22.4 Å². The van der Waals surface area contributed by atoms with Crippen molar-refractivity contribution in [1.29, 1.82) is 0 Å². The summed E-state index contributed by atoms with van der Waals surface area (Å²) in [6.07, 6.45) is 0. The first kappa shape index (κ1) is 33.9. The Kier molecular flexibility index (Phi) is 7.41. The molecule has 278 valence electrons. The predicted molar refractivity (Wildman–Crippen MR) is 246 cm³/mol. The number of aromatic nitrogens is 4. The molecule has 59 heavy (non-hydrogen) atoms. The monoisotopic (exact) mass is 772 g/mol. The maximum atomic E-state index is 5.31. The molecule has 1 aliphatic carbocycles. The van der Waals surface area contributed by atoms with E-state index in [0.29, 0.717) is 17.5 Å². The Bertz CT molecular complexity index is 3470. The summed E-state index contributed by atoms with van der Waals surface area (Å²) in [6.45, 7) is 4.70. The third-order valence-corrected chi connectivity index (χ3v) is 13.5. The molecule has 0 bridgehead atoms. The number of para-hydroxylation sites is 1. The minimum absolute atomic E-state index is 0.112. The summed E-state index contributed by atoms with van der Waals surface area (Å²) in [6, 6.07) is 65.2. The van der Waals surface area contributed by atoms with E-state index in [9.17, 15) is 0 Å². The first-order valence-electron chi connectivity index (χ1n) is 20.1. The Morgan fingerprint density at radius 2 is 0.966 bits per heavy atom. The quantitative estimate of drug-likeness (QED) is 0.175. The van der Waals surface area contributed by atoms with Crippen LogP contribution in [0.25, 0.3) is 104 Å². The molecule has 1 aliphatic rings. The van der Waals surface area contributed by atoms with E-state index >= 15 is 0 Å². The Hall–Kier alpha value is -7.21. The van der Waals surface area contributed by atoms with Gasteiger partial charge in [-0.25, -0.2) is 15.0 Å². The van der Waals surface area contributed by atoms with Gasteiger partial charge in [0.05, 0.1) is 11.0 Å². The zero-order chi connectivity index (χ0) is 39.2. The molecule has 0 saturated carbocycles. The van der Waals surface area contributed by atoms with Gasteiger partial charge >= 0.3 is 0 Å². The lowest BCUT2D eigenvalue weighted by molar-refractivity contribution is 0.661. The molecule has 3 aromatic heterocycles. The third kappa shape index (κ3) is 5.18. The zero-order valence-corrected chi connectivity index (χ0v) is 33.3. The number of rotatable bonds is 5. The molecule has 11 aromatic rings. The van der Waals surface area contributed by atoms with E-state index < -0.39 is 0 Å². The molecule has 5 heteroatoms. The maximum absolute atomic E-state index is 5.31. The van der Waals surface area contributed by atoms with Crippen LogP contribution in [0.5, 0.6) is 0 Å². The van der Waals surface area contributed by atoms with Crippen molar-refractivity contribution in [2.24, 2.45) is 0 Å². The maximum Gasteiger partial charge on any atom is 0.165 e. The van der Waals surface area contributed by atoms with Gasteiger partial charge in [-0.2, -0.15) is 0 Å². The molecular formula is C54H36N4S. The Balaban J connectivity index is 1.05. The predicted octanol–water partition coefficient (Wildman–Crippen LogP) is 14.3. The van der Waals surface area contributed by atoms with Crippen LogP contribution in [0.2, 0.25) is 0 Å². The summed E-state index contributed by atoms with van der Waals surface area (Å²) in [5.41, 5.74) is 14.0. The van der Waals surface area contributed by atoms with Crippen LogP contribution in [0.1, 0.15) is 25.0 Å². The van der Waals surface area contributed by atoms with Gasteiger partial charge < -0.3 is 4.57 Å². The van der Waals surface area contributed by atoms with Crippen LogP contribution in [0.4, 0.5) is 0 Å². The van der Waals surface area contributed by atoms with E-state index in [1.807, 2.05) is 29.5 Å². The lowest BCUT2D eigenvalue weighted by Crippen LogP contribution is -2.14. The fourth-order valence-corrected chi connectivity index (χ4v) is 10.8. The van der Waals surface area contributed by atoms with Crippen LogP contribution in [0.3, 0.4) is 0 Å². The van der Waals surface area contributed by atoms with Crippen molar-refractivity contribution in [3.8, 4) is 62.1 Å². The summed E-state index contributed by atoms with van der Waals surface area (Å²) in [4.78, 5) is 15.7. The van der Waals surface area contributed by atoms with Gasteiger partial charge in [-0.3, -0.25) is 0 Å². The number of fused-ring (bicyclic) bond motifs is 9. The molecule has 12 rings (SSSR count). The zero-order valence-electron chi connectivity index (χ0n) is 32.5. The smallest absolute Gasteiger partial charge is 0.165 e. The van der Waals surface area contributed by atoms with Crippen molar-refractivity contribution in [2.75, 3.05) is 0 Å². The molecule has 0 aliphatic heterocycles. The standard InChI is InChI=1S/C54H36N4S/c1-54(2)45-28-11-9-22-38(45)43-31-44-39-23-10-12-29-47(39)58(48(44)32-46(43)54)36-21-13-20-35(30-36)52-55-51(34-18-7-4-8-19-34)56-53(57-52)42-27-15-26-41-40-25-14-24-37(49(40)59-50(41)42)33-16-5-3-6-17-33/h3-32H,1-2H3. The van der Waals surface area contributed by atoms with Crippen LogP contribution in [-0.4, -0.2) is 19.5 Å². The minimum Gasteiger partial charge on any atom is -0.309 e. The van der Waals surface area contributed by atoms with Crippen LogP contribution in [0.15, 0.2) is 182 Å². The molecule has 8 aromatic carbocycles. The second-order valence-corrected chi connectivity index (χ2v) is 17.0. The fourth-order valence-electron chi connectivity index (χ4n) is 9.41. The molecule has 0 amide bonds. The number of hydrogen-bond donors (Lipinski definition) is 0. The van der Waals surface area contributed by atoms with Gasteiger partial charge in [0.1, 0.15) is 0 Å². The highest BCUT2D eigenvalue weighted by Crippen LogP contribution is 2.51. The molecule has 3 heterocycles. The van der Waals surface area contributed by atoms with Gasteiger partial charge in [0.15, 0.2) is 17.5 Å². The van der Waals surface area contributed by atoms with Crippen molar-refractivity contribution in [1.82, 2.24) is 19.5 Å². The Morgan fingerprint density at radius 3 is 1.76 bits per heavy atom. The van der Waals surface area contributed by atoms with Gasteiger partial charge in [-0.15, -0.1) is 11.3 Å². The molecule has 0 unspecified atom stereocenters. The molecule has 0 fully saturated rings. The van der Waals surface area contributed by atoms with Gasteiger partial charge in [0, 0.05) is 58.7 Å². The fraction of sp³-hybridized carbons (Fsp3) is 0.0556. The molecule has 4 nitrogen and oxygen atoms in total. The van der Waals surface area contributed by atoms with Crippen molar-refractivity contribution in [3.63, 3.8) is 0 Å². The normalized spacial score (nSPS) is 13.1. The molecule has 0 spiro atoms. The second-order valence-electron chi connectivity index (χ2n) is 16.0. The SMILES string of the molecule is CC1(C)c2ccccc2-c2cc3c4ccccc4n(-c4cccc(-c5nc(-c6ccccc6)nc(-c6cccc7c6sc6c(-c8ccccc8)cccc67)n5)c4)c3cc21. The van der Waals surface area contributed by atoms with E-state index in [4.69, 9.17) is 15.0 Å². The van der Waals surface area contributed by atoms with Gasteiger partial charge in [0.25, 0.3) is 0 Å². The number of thiophene rings is 1. The van der Waals surface area contributed by atoms with Crippen LogP contribution in [0, 0.1) is 0 Å². The summed E-state index contributed by atoms with van der Waals surface area (Å²) >= 11 is 1.81. The van der Waals surface area contributed by atoms with E-state index in [-0.39, 0.29) is 5.41 Å². The topological polar surface area (TPSA) is 43.6 Å². The average molecular weight is 773 g/mol. The highest BCUT2D eigenvalue weighted by Gasteiger charge is 2.36. The number of benzene rings is 8. The van der Waals surface area contributed by atoms with Crippen LogP contribution >= 0.6 is 11.3 Å². The van der Waals surface area contributed by atoms with Crippen molar-refractivity contribution < 1.29 is 0 Å². The summed E-state index contributed by atoms with van der Waals surface area (Å²) in [7, 11) is 0. The Morgan fingerprint density at radius 1 is 0.390 bits per heavy atom. The third-order valence-electron chi connectivity index (χ3n) is 12.3. The number of nitrogens with zero attached hydrogens (tertiary/aromatic N) is 4. The minimum atomic E-state index is -0.112. The lowest BCUT2D eigenvalue weighted by Gasteiger charge is -2.21. The largest absolute Gasteiger partial charge is 0.309 e. The molecular weight excluding hydrogens is 737 g/mol. The van der Waals surface area contributed by atoms with E-state index in [1.54, 1.807) is 0 Å². The highest BCUT2D eigenvalue weighted by molar-refractivity contribution is 7.26. The summed E-state index contributed by atoms with van der Waals surface area (Å²) < 4.78 is 4.84. The van der Waals surface area contributed by atoms with Crippen molar-refractivity contribution in [3.05, 3.63) is 193 Å². The van der Waals surface area contributed by atoms with Gasteiger partial charge in [-0.1, -0.05) is 159 Å². The first-order valence-corrected chi connectivity index (χ1v) is 20.9. The highest BCUT2D eigenvalue weighted by atomic mass is 32.1. The molecule has 0 N–H and O–H groups in total. The molecule has 0 atom stereocenters. The first-order chi connectivity index (χ1) is 29.0. The van der Waals surface area contributed by atoms with Crippen molar-refractivity contribution >= 4 is 53.3 Å². The number of hydrogen-bond acceptors (Lipinski definition) is 4. The van der Waals surface area contributed by atoms with Gasteiger partial charge in [-0.05, 0) is 69.8 Å². The Labute approximate surface area is 345 Å². The van der Waals surface area contributed by atoms with Crippen LogP contribution in [-0.2, 0) is 5.41 Å². The van der Waals surface area contributed by atoms with Crippen molar-refractivity contribution in [2.45, 2.75) is 19.3 Å². The van der Waals surface area contributed by atoms with Crippen LogP contribution < -0.4 is 0 Å². The summed E-state index contributed by atoms with van der Waals surface area (Å²) in [5.74, 6) is 1.94. The molecule has 0 radical (unpaired) electrons. The van der Waals surface area contributed by atoms with E-state index in [1.165, 1.54) is 75.4 Å². The average Bonchev–Trinajstić information content (AvgIpc) is 3.91. The molecule has 0 saturated heterocycles. The second kappa shape index (κ2) is 12.9. The lowest BCUT2D eigenvalue weighted by atomic mass is 9.82. The van der Waals surface area contributed by atoms with E-state index in [2.05, 4.69) is 182 Å².